The highest BCUT2D eigenvalue weighted by Gasteiger charge is 2.30. The van der Waals surface area contributed by atoms with Crippen LogP contribution in [-0.2, 0) is 9.47 Å². The number of likely N-dealkylation sites (N-methyl/N-ethyl adjacent to an activating group) is 1. The van der Waals surface area contributed by atoms with Gasteiger partial charge in [-0.25, -0.2) is 9.97 Å². The Morgan fingerprint density at radius 2 is 2.48 bits per heavy atom. The number of rotatable bonds is 6. The molecule has 0 N–H and O–H groups in total. The van der Waals surface area contributed by atoms with Crippen LogP contribution in [0.25, 0.3) is 10.2 Å². The van der Waals surface area contributed by atoms with Crippen molar-refractivity contribution < 1.29 is 9.47 Å². The van der Waals surface area contributed by atoms with Crippen molar-refractivity contribution in [1.29, 1.82) is 0 Å². The third kappa shape index (κ3) is 3.99. The Hall–Kier alpha value is -0.830. The lowest BCUT2D eigenvalue weighted by Crippen LogP contribution is -2.47. The smallest absolute Gasteiger partial charge is 0.143 e. The van der Waals surface area contributed by atoms with Gasteiger partial charge in [0.05, 0.1) is 29.6 Å². The minimum atomic E-state index is -0.267. The van der Waals surface area contributed by atoms with Crippen LogP contribution in [0.2, 0.25) is 0 Å². The summed E-state index contributed by atoms with van der Waals surface area (Å²) in [6, 6.07) is 2.15. The molecule has 2 aromatic rings. The van der Waals surface area contributed by atoms with Gasteiger partial charge in [0.15, 0.2) is 0 Å². The number of aromatic nitrogens is 2. The first kappa shape index (κ1) is 17.0. The van der Waals surface area contributed by atoms with Crippen molar-refractivity contribution in [2.24, 2.45) is 0 Å². The second-order valence-electron chi connectivity index (χ2n) is 5.54. The zero-order chi connectivity index (χ0) is 16.2. The molecule has 3 rings (SSSR count). The van der Waals surface area contributed by atoms with Gasteiger partial charge >= 0.3 is 0 Å². The van der Waals surface area contributed by atoms with Gasteiger partial charge in [-0.15, -0.1) is 11.3 Å². The van der Waals surface area contributed by atoms with Gasteiger partial charge in [-0.2, -0.15) is 0 Å². The number of hydrogen-bond acceptors (Lipinski definition) is 7. The van der Waals surface area contributed by atoms with E-state index in [1.807, 2.05) is 6.20 Å². The van der Waals surface area contributed by atoms with Crippen LogP contribution in [0.4, 0.5) is 0 Å². The van der Waals surface area contributed by atoms with Crippen LogP contribution in [0.3, 0.4) is 0 Å². The second kappa shape index (κ2) is 7.83. The fraction of sp³-hybridized carbons (Fsp3) is 0.600. The molecule has 126 valence electrons. The van der Waals surface area contributed by atoms with Crippen molar-refractivity contribution in [2.75, 3.05) is 47.0 Å². The summed E-state index contributed by atoms with van der Waals surface area (Å²) in [5.74, 6) is 0. The highest BCUT2D eigenvalue weighted by Crippen LogP contribution is 2.34. The van der Waals surface area contributed by atoms with Gasteiger partial charge in [-0.05, 0) is 13.1 Å². The Balaban J connectivity index is 1.89. The van der Waals surface area contributed by atoms with Crippen LogP contribution in [-0.4, -0.2) is 72.3 Å². The van der Waals surface area contributed by atoms with Gasteiger partial charge in [0.2, 0.25) is 0 Å². The molecule has 1 aliphatic rings. The predicted octanol–water partition coefficient (Wildman–Crippen LogP) is 2.17. The zero-order valence-corrected chi connectivity index (χ0v) is 14.9. The molecule has 2 unspecified atom stereocenters. The summed E-state index contributed by atoms with van der Waals surface area (Å²) in [5, 5.41) is 0. The molecule has 1 aliphatic heterocycles. The Kier molecular flexibility index (Phi) is 5.79. The fourth-order valence-electron chi connectivity index (χ4n) is 2.81. The molecular formula is C15H21ClN4O2S. The van der Waals surface area contributed by atoms with Gasteiger partial charge in [0.25, 0.3) is 0 Å². The number of ether oxygens (including phenoxy) is 2. The van der Waals surface area contributed by atoms with E-state index in [9.17, 15) is 0 Å². The summed E-state index contributed by atoms with van der Waals surface area (Å²) in [4.78, 5) is 14.4. The van der Waals surface area contributed by atoms with E-state index < -0.39 is 0 Å². The first-order chi connectivity index (χ1) is 11.2. The third-order valence-electron chi connectivity index (χ3n) is 3.94. The number of halogens is 1. The molecule has 0 amide bonds. The molecule has 0 saturated carbocycles. The first-order valence-electron chi connectivity index (χ1n) is 7.57. The van der Waals surface area contributed by atoms with E-state index in [4.69, 9.17) is 21.1 Å². The highest BCUT2D eigenvalue weighted by molar-refractivity contribution is 7.19. The molecule has 3 heterocycles. The first-order valence-corrected chi connectivity index (χ1v) is 8.82. The lowest BCUT2D eigenvalue weighted by Gasteiger charge is -2.40. The van der Waals surface area contributed by atoms with Crippen molar-refractivity contribution >= 4 is 33.2 Å². The van der Waals surface area contributed by atoms with Gasteiger partial charge in [0.1, 0.15) is 11.9 Å². The average Bonchev–Trinajstić information content (AvgIpc) is 2.96. The van der Waals surface area contributed by atoms with Crippen LogP contribution in [0, 0.1) is 0 Å². The summed E-state index contributed by atoms with van der Waals surface area (Å²) < 4.78 is 11.8. The van der Waals surface area contributed by atoms with Crippen LogP contribution in [0.15, 0.2) is 18.6 Å². The standard InChI is InChI=1S/C15H21ClN4O2S/c1-19(3-5-21-2)15(20-4-6-22-14(16)9-20)12-7-11-13(23-12)8-17-10-18-11/h7-8,10,14-15H,3-6,9H2,1-2H3. The molecule has 0 radical (unpaired) electrons. The van der Waals surface area contributed by atoms with Crippen LogP contribution < -0.4 is 0 Å². The molecule has 2 atom stereocenters. The van der Waals surface area contributed by atoms with Crippen molar-refractivity contribution in [3.63, 3.8) is 0 Å². The second-order valence-corrected chi connectivity index (χ2v) is 7.15. The average molecular weight is 357 g/mol. The number of hydrogen-bond donors (Lipinski definition) is 0. The predicted molar refractivity (Wildman–Crippen MR) is 91.8 cm³/mol. The summed E-state index contributed by atoms with van der Waals surface area (Å²) in [6.07, 6.45) is 3.59. The van der Waals surface area contributed by atoms with E-state index in [1.165, 1.54) is 4.88 Å². The molecule has 0 aromatic carbocycles. The largest absolute Gasteiger partial charge is 0.383 e. The summed E-state index contributed by atoms with van der Waals surface area (Å²) >= 11 is 7.93. The summed E-state index contributed by atoms with van der Waals surface area (Å²) in [5.41, 5.74) is 0.720. The molecule has 8 heteroatoms. The molecule has 2 aromatic heterocycles. The zero-order valence-electron chi connectivity index (χ0n) is 13.3. The van der Waals surface area contributed by atoms with E-state index in [0.717, 1.165) is 23.3 Å². The van der Waals surface area contributed by atoms with Gasteiger partial charge in [-0.1, -0.05) is 11.6 Å². The number of nitrogens with zero attached hydrogens (tertiary/aromatic N) is 4. The topological polar surface area (TPSA) is 50.7 Å². The van der Waals surface area contributed by atoms with E-state index in [1.54, 1.807) is 24.8 Å². The van der Waals surface area contributed by atoms with Crippen LogP contribution >= 0.6 is 22.9 Å². The molecule has 6 nitrogen and oxygen atoms in total. The van der Waals surface area contributed by atoms with Crippen LogP contribution in [0.5, 0.6) is 0 Å². The number of fused-ring (bicyclic) bond motifs is 1. The Morgan fingerprint density at radius 3 is 3.22 bits per heavy atom. The Bertz CT molecular complexity index is 608. The van der Waals surface area contributed by atoms with Gasteiger partial charge in [-0.3, -0.25) is 9.80 Å². The lowest BCUT2D eigenvalue weighted by atomic mass is 10.2. The molecule has 23 heavy (non-hydrogen) atoms. The van der Waals surface area contributed by atoms with E-state index >= 15 is 0 Å². The normalized spacial score (nSPS) is 21.1. The molecule has 0 bridgehead atoms. The maximum atomic E-state index is 6.20. The van der Waals surface area contributed by atoms with Crippen LogP contribution in [0.1, 0.15) is 11.0 Å². The van der Waals surface area contributed by atoms with Gasteiger partial charge in [0, 0.05) is 37.8 Å². The quantitative estimate of drug-likeness (QED) is 0.739. The Labute approximate surface area is 145 Å². The minimum Gasteiger partial charge on any atom is -0.383 e. The van der Waals surface area contributed by atoms with Crippen molar-refractivity contribution in [2.45, 2.75) is 11.7 Å². The number of morpholine rings is 1. The minimum absolute atomic E-state index is 0.134. The molecule has 1 fully saturated rings. The summed E-state index contributed by atoms with van der Waals surface area (Å²) in [6.45, 7) is 3.72. The SMILES string of the molecule is COCCN(C)C(c1cc2ncncc2s1)N1CCOC(Cl)C1. The maximum absolute atomic E-state index is 6.20. The van der Waals surface area contributed by atoms with E-state index in [2.05, 4.69) is 32.9 Å². The summed E-state index contributed by atoms with van der Waals surface area (Å²) in [7, 11) is 3.83. The van der Waals surface area contributed by atoms with E-state index in [0.29, 0.717) is 19.8 Å². The highest BCUT2D eigenvalue weighted by atomic mass is 35.5. The molecule has 0 aliphatic carbocycles. The van der Waals surface area contributed by atoms with Gasteiger partial charge < -0.3 is 9.47 Å². The third-order valence-corrected chi connectivity index (χ3v) is 5.30. The fourth-order valence-corrected chi connectivity index (χ4v) is 4.27. The van der Waals surface area contributed by atoms with Crippen molar-refractivity contribution in [1.82, 2.24) is 19.8 Å². The number of alkyl halides is 1. The number of methoxy groups -OCH3 is 1. The number of thiophene rings is 1. The lowest BCUT2D eigenvalue weighted by molar-refractivity contribution is -0.0451. The van der Waals surface area contributed by atoms with E-state index in [-0.39, 0.29) is 11.7 Å². The van der Waals surface area contributed by atoms with Crippen molar-refractivity contribution in [3.05, 3.63) is 23.5 Å². The Morgan fingerprint density at radius 1 is 1.61 bits per heavy atom. The molecule has 0 spiro atoms. The van der Waals surface area contributed by atoms with Crippen molar-refractivity contribution in [3.8, 4) is 0 Å². The maximum Gasteiger partial charge on any atom is 0.143 e. The molecule has 1 saturated heterocycles. The molecular weight excluding hydrogens is 336 g/mol. The monoisotopic (exact) mass is 356 g/mol.